The second-order valence-corrected chi connectivity index (χ2v) is 1.26. The Morgan fingerprint density at radius 1 is 2.00 bits per heavy atom. The molecule has 0 amide bonds. The highest BCUT2D eigenvalue weighted by molar-refractivity contribution is 7.37. The van der Waals surface area contributed by atoms with Crippen LogP contribution in [0.1, 0.15) is 0 Å². The molecule has 0 rings (SSSR count). The Morgan fingerprint density at radius 2 is 2.20 bits per heavy atom. The lowest BCUT2D eigenvalue weighted by Crippen LogP contribution is -1.92. The molecule has 3 nitrogen and oxygen atoms in total. The molecule has 0 spiro atoms. The summed E-state index contributed by atoms with van der Waals surface area (Å²) in [6.07, 6.45) is 0. The van der Waals surface area contributed by atoms with Gasteiger partial charge in [0.1, 0.15) is 0 Å². The molecule has 0 aliphatic rings. The van der Waals surface area contributed by atoms with Crippen LogP contribution in [0.5, 0.6) is 0 Å². The predicted molar refractivity (Wildman–Crippen MR) is 16.1 cm³/mol. The zero-order valence-electron chi connectivity index (χ0n) is 2.71. The lowest BCUT2D eigenvalue weighted by molar-refractivity contribution is -0.196. The van der Waals surface area contributed by atoms with Gasteiger partial charge in [0, 0.05) is 7.11 Å². The van der Waals surface area contributed by atoms with E-state index in [4.69, 9.17) is 4.89 Å². The summed E-state index contributed by atoms with van der Waals surface area (Å²) in [5, 5.41) is 0. The van der Waals surface area contributed by atoms with E-state index in [0.717, 1.165) is 0 Å². The highest BCUT2D eigenvalue weighted by Crippen LogP contribution is 2.14. The normalized spacial score (nSPS) is 15.0. The fourth-order valence-electron chi connectivity index (χ4n) is 0. The number of rotatable bonds is 1. The first kappa shape index (κ1) is 5.31. The lowest BCUT2D eigenvalue weighted by atomic mass is 11.8. The Morgan fingerprint density at radius 3 is 2.20 bits per heavy atom. The molecule has 0 aliphatic heterocycles. The van der Waals surface area contributed by atoms with Crippen LogP contribution in [0.3, 0.4) is 0 Å². The van der Waals surface area contributed by atoms with E-state index in [1.807, 2.05) is 0 Å². The summed E-state index contributed by atoms with van der Waals surface area (Å²) in [4.78, 5) is 16.9. The average Bonchev–Trinajstić information content (AvgIpc) is 1.38. The number of hydrogen-bond donors (Lipinski definition) is 1. The van der Waals surface area contributed by atoms with Crippen molar-refractivity contribution in [2.24, 2.45) is 0 Å². The molecule has 0 heterocycles. The van der Waals surface area contributed by atoms with Gasteiger partial charge in [-0.05, 0) is 0 Å². The highest BCUT2D eigenvalue weighted by atomic mass is 31.2. The Bertz CT molecular complexity index is 20.9. The summed E-state index contributed by atoms with van der Waals surface area (Å²) in [7, 11) is -1.18. The molecule has 0 aromatic heterocycles. The molecule has 0 bridgehead atoms. The first-order valence-electron chi connectivity index (χ1n) is 0.973. The Balaban J connectivity index is 2.54. The van der Waals surface area contributed by atoms with Gasteiger partial charge in [0.2, 0.25) is 0 Å². The minimum atomic E-state index is -2.35. The minimum absolute atomic E-state index is 1.17. The molecule has 4 heteroatoms. The van der Waals surface area contributed by atoms with E-state index in [-0.39, 0.29) is 0 Å². The fraction of sp³-hybridized carbons (Fsp3) is 1.00. The quantitative estimate of drug-likeness (QED) is 0.434. The summed E-state index contributed by atoms with van der Waals surface area (Å²) >= 11 is 0. The molecule has 5 heavy (non-hydrogen) atoms. The summed E-state index contributed by atoms with van der Waals surface area (Å²) in [5.74, 6) is 0. The van der Waals surface area contributed by atoms with Crippen LogP contribution in [0.2, 0.25) is 0 Å². The van der Waals surface area contributed by atoms with Crippen LogP contribution in [-0.4, -0.2) is 12.0 Å². The Hall–Kier alpha value is 0.310. The maximum absolute atomic E-state index is 9.29. The van der Waals surface area contributed by atoms with Gasteiger partial charge in [-0.1, -0.05) is 0 Å². The molecular formula is CH4O3P-. The molecule has 0 saturated carbocycles. The summed E-state index contributed by atoms with van der Waals surface area (Å²) in [5.41, 5.74) is 0. The third-order valence-electron chi connectivity index (χ3n) is 0.156. The molecule has 0 aliphatic carbocycles. The topological polar surface area (TPSA) is 52.5 Å². The molecule has 0 aromatic carbocycles. The van der Waals surface area contributed by atoms with E-state index in [2.05, 4.69) is 4.52 Å². The smallest absolute Gasteiger partial charge is 0.0787 e. The van der Waals surface area contributed by atoms with Crippen LogP contribution in [0, 0.1) is 0 Å². The molecule has 0 saturated heterocycles. The zero-order chi connectivity index (χ0) is 4.28. The first-order chi connectivity index (χ1) is 2.27. The third kappa shape index (κ3) is 4.31. The van der Waals surface area contributed by atoms with Crippen molar-refractivity contribution in [3.63, 3.8) is 0 Å². The van der Waals surface area contributed by atoms with E-state index >= 15 is 0 Å². The van der Waals surface area contributed by atoms with E-state index < -0.39 is 8.60 Å². The highest BCUT2D eigenvalue weighted by Gasteiger charge is 1.68. The van der Waals surface area contributed by atoms with Gasteiger partial charge in [0.05, 0.1) is 8.60 Å². The molecule has 0 aromatic rings. The van der Waals surface area contributed by atoms with Gasteiger partial charge < -0.3 is 14.3 Å². The van der Waals surface area contributed by atoms with Crippen LogP contribution >= 0.6 is 8.60 Å². The molecule has 0 fully saturated rings. The van der Waals surface area contributed by atoms with E-state index in [1.54, 1.807) is 0 Å². The maximum atomic E-state index is 9.29. The predicted octanol–water partition coefficient (Wildman–Crippen LogP) is -0.788. The van der Waals surface area contributed by atoms with Crippen molar-refractivity contribution >= 4 is 8.60 Å². The molecule has 1 unspecified atom stereocenters. The van der Waals surface area contributed by atoms with Crippen LogP contribution in [-0.2, 0) is 4.52 Å². The van der Waals surface area contributed by atoms with E-state index in [1.165, 1.54) is 7.11 Å². The van der Waals surface area contributed by atoms with E-state index in [0.29, 0.717) is 0 Å². The maximum Gasteiger partial charge on any atom is 0.0787 e. The van der Waals surface area contributed by atoms with Crippen molar-refractivity contribution in [2.75, 3.05) is 7.11 Å². The molecule has 1 N–H and O–H groups in total. The molecule has 1 atom stereocenters. The lowest BCUT2D eigenvalue weighted by Gasteiger charge is -2.08. The largest absolute Gasteiger partial charge is 0.786 e. The van der Waals surface area contributed by atoms with Gasteiger partial charge in [-0.15, -0.1) is 0 Å². The van der Waals surface area contributed by atoms with Gasteiger partial charge in [-0.2, -0.15) is 0 Å². The van der Waals surface area contributed by atoms with Gasteiger partial charge >= 0.3 is 0 Å². The third-order valence-corrected chi connectivity index (χ3v) is 0.469. The first-order valence-corrected chi connectivity index (χ1v) is 2.10. The molecule has 32 valence electrons. The van der Waals surface area contributed by atoms with Crippen LogP contribution < -0.4 is 4.89 Å². The van der Waals surface area contributed by atoms with Gasteiger partial charge in [0.15, 0.2) is 0 Å². The SMILES string of the molecule is COP([O-])O. The van der Waals surface area contributed by atoms with Crippen molar-refractivity contribution in [2.45, 2.75) is 0 Å². The van der Waals surface area contributed by atoms with Gasteiger partial charge in [-0.3, -0.25) is 0 Å². The summed E-state index contributed by atoms with van der Waals surface area (Å²) in [6, 6.07) is 0. The van der Waals surface area contributed by atoms with Crippen molar-refractivity contribution in [3.8, 4) is 0 Å². The average molecular weight is 95.0 g/mol. The second kappa shape index (κ2) is 2.54. The summed E-state index contributed by atoms with van der Waals surface area (Å²) in [6.45, 7) is 0. The van der Waals surface area contributed by atoms with Crippen molar-refractivity contribution in [1.82, 2.24) is 0 Å². The molecular weight excluding hydrogens is 91.0 g/mol. The van der Waals surface area contributed by atoms with Crippen molar-refractivity contribution in [1.29, 1.82) is 0 Å². The van der Waals surface area contributed by atoms with Crippen LogP contribution in [0.15, 0.2) is 0 Å². The van der Waals surface area contributed by atoms with Crippen LogP contribution in [0.4, 0.5) is 0 Å². The van der Waals surface area contributed by atoms with Gasteiger partial charge in [0.25, 0.3) is 0 Å². The minimum Gasteiger partial charge on any atom is -0.786 e. The monoisotopic (exact) mass is 95.0 g/mol. The van der Waals surface area contributed by atoms with Crippen LogP contribution in [0.25, 0.3) is 0 Å². The van der Waals surface area contributed by atoms with Gasteiger partial charge in [-0.25, -0.2) is 0 Å². The van der Waals surface area contributed by atoms with Crippen molar-refractivity contribution in [3.05, 3.63) is 0 Å². The standard InChI is InChI=1S/CH4O3P/c1-4-5(2)3/h2H,1H3/q-1. The zero-order valence-corrected chi connectivity index (χ0v) is 3.61. The number of hydrogen-bond acceptors (Lipinski definition) is 3. The second-order valence-electron chi connectivity index (χ2n) is 0.420. The van der Waals surface area contributed by atoms with Crippen molar-refractivity contribution < 1.29 is 14.3 Å². The fourth-order valence-corrected chi connectivity index (χ4v) is 0. The molecule has 0 radical (unpaired) electrons. The summed E-state index contributed by atoms with van der Waals surface area (Å²) < 4.78 is 3.81. The Labute approximate surface area is 31.2 Å². The Kier molecular flexibility index (Phi) is 2.70. The van der Waals surface area contributed by atoms with E-state index in [9.17, 15) is 4.89 Å².